The van der Waals surface area contributed by atoms with Crippen LogP contribution in [0.1, 0.15) is 17.5 Å². The fourth-order valence-electron chi connectivity index (χ4n) is 4.13. The van der Waals surface area contributed by atoms with Crippen LogP contribution in [0.2, 0.25) is 0 Å². The summed E-state index contributed by atoms with van der Waals surface area (Å²) in [7, 11) is 0. The summed E-state index contributed by atoms with van der Waals surface area (Å²) in [4.78, 5) is 29.5. The summed E-state index contributed by atoms with van der Waals surface area (Å²) >= 11 is 3.52. The number of amides is 2. The Morgan fingerprint density at radius 3 is 2.53 bits per heavy atom. The summed E-state index contributed by atoms with van der Waals surface area (Å²) in [5, 5.41) is 3.16. The van der Waals surface area contributed by atoms with Crippen LogP contribution < -0.4 is 5.32 Å². The van der Waals surface area contributed by atoms with Gasteiger partial charge in [0.2, 0.25) is 0 Å². The van der Waals surface area contributed by atoms with E-state index in [1.165, 1.54) is 12.1 Å². The van der Waals surface area contributed by atoms with Crippen molar-refractivity contribution in [3.63, 3.8) is 0 Å². The molecule has 2 aromatic heterocycles. The minimum atomic E-state index is -0.590. The lowest BCUT2D eigenvalue weighted by Crippen LogP contribution is -2.22. The third-order valence-electron chi connectivity index (χ3n) is 5.56. The number of nitrogens with one attached hydrogen (secondary N) is 1. The quantitative estimate of drug-likeness (QED) is 0.405. The molecule has 160 valence electrons. The first kappa shape index (κ1) is 20.4. The van der Waals surface area contributed by atoms with Crippen LogP contribution in [0.4, 0.5) is 4.39 Å². The second-order valence-electron chi connectivity index (χ2n) is 7.56. The van der Waals surface area contributed by atoms with E-state index >= 15 is 0 Å². The first-order valence-electron chi connectivity index (χ1n) is 10.1. The van der Waals surface area contributed by atoms with E-state index in [0.717, 1.165) is 28.3 Å². The maximum Gasteiger partial charge on any atom is 0.259 e. The molecule has 4 aromatic rings. The summed E-state index contributed by atoms with van der Waals surface area (Å²) in [6.45, 7) is 1.49. The molecule has 6 nitrogen and oxygen atoms in total. The van der Waals surface area contributed by atoms with E-state index in [0.29, 0.717) is 12.1 Å². The normalized spacial score (nSPS) is 13.9. The number of hydrogen-bond donors (Lipinski definition) is 1. The number of imidazole rings is 1. The van der Waals surface area contributed by atoms with Crippen molar-refractivity contribution in [3.05, 3.63) is 88.8 Å². The molecule has 0 radical (unpaired) electrons. The topological polar surface area (TPSA) is 68.9 Å². The molecule has 0 unspecified atom stereocenters. The van der Waals surface area contributed by atoms with Crippen molar-refractivity contribution in [3.8, 4) is 0 Å². The first-order chi connectivity index (χ1) is 15.5. The Kier molecular flexibility index (Phi) is 5.22. The van der Waals surface area contributed by atoms with Crippen LogP contribution in [0.5, 0.6) is 0 Å². The van der Waals surface area contributed by atoms with Crippen LogP contribution in [0.25, 0.3) is 22.0 Å². The average Bonchev–Trinajstić information content (AvgIpc) is 3.47. The molecule has 0 aliphatic carbocycles. The van der Waals surface area contributed by atoms with E-state index in [1.807, 2.05) is 35.2 Å². The highest BCUT2D eigenvalue weighted by atomic mass is 79.9. The number of hydrogen-bond acceptors (Lipinski definition) is 3. The standard InChI is InChI=1S/C24H18BrFN4O2/c25-15-6-7-16-18(13-30(20(16)12-15)10-3-9-29-11-8-27-14-29)22-21(23(31)28-24(22)32)17-4-1-2-5-19(17)26/h1-2,4-8,11-14H,3,9-10H2,(H,28,31,32). The smallest absolute Gasteiger partial charge is 0.259 e. The SMILES string of the molecule is O=C1NC(=O)C(c2cn(CCCn3ccnc3)c3cc(Br)ccc23)=C1c1ccccc1F. The van der Waals surface area contributed by atoms with Crippen molar-refractivity contribution in [2.75, 3.05) is 0 Å². The number of aryl methyl sites for hydroxylation is 2. The van der Waals surface area contributed by atoms with E-state index in [9.17, 15) is 14.0 Å². The number of carbonyl (C=O) groups is 2. The predicted molar refractivity (Wildman–Crippen MR) is 123 cm³/mol. The molecule has 2 amide bonds. The van der Waals surface area contributed by atoms with Gasteiger partial charge in [-0.3, -0.25) is 14.9 Å². The fourth-order valence-corrected chi connectivity index (χ4v) is 4.47. The van der Waals surface area contributed by atoms with Gasteiger partial charge in [0.25, 0.3) is 11.8 Å². The monoisotopic (exact) mass is 492 g/mol. The molecule has 2 aromatic carbocycles. The highest BCUT2D eigenvalue weighted by Crippen LogP contribution is 2.37. The van der Waals surface area contributed by atoms with Crippen LogP contribution in [0.15, 0.2) is 71.9 Å². The number of nitrogens with zero attached hydrogens (tertiary/aromatic N) is 3. The summed E-state index contributed by atoms with van der Waals surface area (Å²) in [6.07, 6.45) is 8.15. The lowest BCUT2D eigenvalue weighted by molar-refractivity contribution is -0.122. The van der Waals surface area contributed by atoms with Crippen LogP contribution in [-0.2, 0) is 22.7 Å². The largest absolute Gasteiger partial charge is 0.347 e. The maximum absolute atomic E-state index is 14.6. The second-order valence-corrected chi connectivity index (χ2v) is 8.48. The third-order valence-corrected chi connectivity index (χ3v) is 6.06. The van der Waals surface area contributed by atoms with E-state index in [-0.39, 0.29) is 16.7 Å². The van der Waals surface area contributed by atoms with Gasteiger partial charge in [0.1, 0.15) is 5.82 Å². The Labute approximate surface area is 191 Å². The Morgan fingerprint density at radius 2 is 1.78 bits per heavy atom. The van der Waals surface area contributed by atoms with Gasteiger partial charge < -0.3 is 9.13 Å². The molecule has 8 heteroatoms. The average molecular weight is 493 g/mol. The van der Waals surface area contributed by atoms with Crippen LogP contribution >= 0.6 is 15.9 Å². The zero-order valence-electron chi connectivity index (χ0n) is 16.9. The molecule has 1 aliphatic rings. The molecule has 0 fully saturated rings. The van der Waals surface area contributed by atoms with Crippen molar-refractivity contribution in [2.45, 2.75) is 19.5 Å². The molecule has 5 rings (SSSR count). The Balaban J connectivity index is 1.63. The molecule has 1 N–H and O–H groups in total. The van der Waals surface area contributed by atoms with Gasteiger partial charge in [-0.1, -0.05) is 40.2 Å². The molecule has 1 aliphatic heterocycles. The molecular formula is C24H18BrFN4O2. The van der Waals surface area contributed by atoms with E-state index in [1.54, 1.807) is 24.7 Å². The number of fused-ring (bicyclic) bond motifs is 1. The Morgan fingerprint density at radius 1 is 1.00 bits per heavy atom. The van der Waals surface area contributed by atoms with Gasteiger partial charge >= 0.3 is 0 Å². The molecule has 3 heterocycles. The van der Waals surface area contributed by atoms with Crippen molar-refractivity contribution in [1.82, 2.24) is 19.4 Å². The zero-order valence-corrected chi connectivity index (χ0v) is 18.5. The summed E-state index contributed by atoms with van der Waals surface area (Å²) in [5.41, 5.74) is 1.91. The Hall–Kier alpha value is -3.52. The number of carbonyl (C=O) groups excluding carboxylic acids is 2. The van der Waals surface area contributed by atoms with Gasteiger partial charge in [0, 0.05) is 58.2 Å². The second kappa shape index (κ2) is 8.20. The van der Waals surface area contributed by atoms with E-state index in [4.69, 9.17) is 0 Å². The van der Waals surface area contributed by atoms with Crippen LogP contribution in [0, 0.1) is 5.82 Å². The molecule has 0 bridgehead atoms. The van der Waals surface area contributed by atoms with Crippen molar-refractivity contribution in [1.29, 1.82) is 0 Å². The van der Waals surface area contributed by atoms with Gasteiger partial charge in [-0.15, -0.1) is 0 Å². The summed E-state index contributed by atoms with van der Waals surface area (Å²) < 4.78 is 19.5. The van der Waals surface area contributed by atoms with Gasteiger partial charge in [-0.05, 0) is 24.6 Å². The van der Waals surface area contributed by atoms with Gasteiger partial charge in [-0.2, -0.15) is 0 Å². The summed E-state index contributed by atoms with van der Waals surface area (Å²) in [6, 6.07) is 11.8. The van der Waals surface area contributed by atoms with Crippen molar-refractivity contribution < 1.29 is 14.0 Å². The van der Waals surface area contributed by atoms with Gasteiger partial charge in [0.05, 0.1) is 17.5 Å². The molecule has 0 atom stereocenters. The van der Waals surface area contributed by atoms with Crippen molar-refractivity contribution >= 4 is 49.8 Å². The minimum absolute atomic E-state index is 0.0634. The number of aromatic nitrogens is 3. The first-order valence-corrected chi connectivity index (χ1v) is 10.9. The third kappa shape index (κ3) is 3.56. The highest BCUT2D eigenvalue weighted by molar-refractivity contribution is 9.10. The van der Waals surface area contributed by atoms with Gasteiger partial charge in [0.15, 0.2) is 0 Å². The number of rotatable bonds is 6. The molecule has 32 heavy (non-hydrogen) atoms. The van der Waals surface area contributed by atoms with E-state index in [2.05, 4.69) is 30.8 Å². The molecule has 0 saturated heterocycles. The zero-order chi connectivity index (χ0) is 22.2. The van der Waals surface area contributed by atoms with E-state index < -0.39 is 17.6 Å². The number of imide groups is 1. The Bertz CT molecular complexity index is 1390. The van der Waals surface area contributed by atoms with Crippen molar-refractivity contribution in [2.24, 2.45) is 0 Å². The number of benzene rings is 2. The summed E-state index contributed by atoms with van der Waals surface area (Å²) in [5.74, 6) is -1.65. The number of halogens is 2. The van der Waals surface area contributed by atoms with Gasteiger partial charge in [-0.25, -0.2) is 9.37 Å². The minimum Gasteiger partial charge on any atom is -0.347 e. The fraction of sp³-hybridized carbons (Fsp3) is 0.125. The lowest BCUT2D eigenvalue weighted by atomic mass is 9.95. The lowest BCUT2D eigenvalue weighted by Gasteiger charge is -2.06. The molecular weight excluding hydrogens is 475 g/mol. The van der Waals surface area contributed by atoms with Crippen LogP contribution in [0.3, 0.4) is 0 Å². The maximum atomic E-state index is 14.6. The molecule has 0 saturated carbocycles. The van der Waals surface area contributed by atoms with Crippen LogP contribution in [-0.4, -0.2) is 25.9 Å². The predicted octanol–water partition coefficient (Wildman–Crippen LogP) is 4.40. The highest BCUT2D eigenvalue weighted by Gasteiger charge is 2.35. The molecule has 0 spiro atoms.